The molecular formula is C14H12ClFO2S. The monoisotopic (exact) mass is 298 g/mol. The number of hydrogen-bond donors (Lipinski definition) is 0. The molecule has 2 nitrogen and oxygen atoms in total. The molecule has 0 aromatic heterocycles. The van der Waals surface area contributed by atoms with Crippen molar-refractivity contribution in [1.82, 2.24) is 0 Å². The molecule has 2 aromatic rings. The molecule has 2 rings (SSSR count). The third kappa shape index (κ3) is 3.14. The third-order valence-corrected chi connectivity index (χ3v) is 4.18. The fourth-order valence-corrected chi connectivity index (χ4v) is 2.78. The molecule has 0 spiro atoms. The van der Waals surface area contributed by atoms with Crippen molar-refractivity contribution in [2.45, 2.75) is 18.7 Å². The molecule has 0 aliphatic heterocycles. The van der Waals surface area contributed by atoms with E-state index in [0.717, 1.165) is 22.8 Å². The van der Waals surface area contributed by atoms with Crippen LogP contribution < -0.4 is 0 Å². The molecule has 2 aromatic carbocycles. The highest BCUT2D eigenvalue weighted by Gasteiger charge is 2.14. The van der Waals surface area contributed by atoms with Crippen LogP contribution in [0.2, 0.25) is 0 Å². The van der Waals surface area contributed by atoms with Gasteiger partial charge >= 0.3 is 0 Å². The maximum atomic E-state index is 13.5. The van der Waals surface area contributed by atoms with Gasteiger partial charge in [0, 0.05) is 10.7 Å². The van der Waals surface area contributed by atoms with Crippen LogP contribution in [0, 0.1) is 19.7 Å². The van der Waals surface area contributed by atoms with Crippen molar-refractivity contribution >= 4 is 19.7 Å². The first-order valence-corrected chi connectivity index (χ1v) is 7.91. The SMILES string of the molecule is Cc1ccc(-c2cc(F)cc(S(=O)(=O)Cl)c2)c(C)c1. The zero-order chi connectivity index (χ0) is 14.2. The van der Waals surface area contributed by atoms with Crippen LogP contribution in [-0.2, 0) is 9.05 Å². The zero-order valence-corrected chi connectivity index (χ0v) is 12.0. The lowest BCUT2D eigenvalue weighted by Crippen LogP contribution is -1.94. The van der Waals surface area contributed by atoms with Crippen LogP contribution in [0.15, 0.2) is 41.3 Å². The summed E-state index contributed by atoms with van der Waals surface area (Å²) in [6.45, 7) is 3.85. The second-order valence-electron chi connectivity index (χ2n) is 4.43. The van der Waals surface area contributed by atoms with Gasteiger partial charge in [-0.3, -0.25) is 0 Å². The summed E-state index contributed by atoms with van der Waals surface area (Å²) in [5.41, 5.74) is 3.31. The average Bonchev–Trinajstić information content (AvgIpc) is 2.26. The Labute approximate surface area is 116 Å². The summed E-state index contributed by atoms with van der Waals surface area (Å²) < 4.78 is 36.1. The standard InChI is InChI=1S/C14H12ClFO2S/c1-9-3-4-14(10(2)5-9)11-6-12(16)8-13(7-11)19(15,17)18/h3-8H,1-2H3. The highest BCUT2D eigenvalue weighted by atomic mass is 35.7. The highest BCUT2D eigenvalue weighted by Crippen LogP contribution is 2.28. The molecule has 0 N–H and O–H groups in total. The van der Waals surface area contributed by atoms with Crippen LogP contribution in [0.5, 0.6) is 0 Å². The van der Waals surface area contributed by atoms with Crippen LogP contribution in [0.4, 0.5) is 4.39 Å². The van der Waals surface area contributed by atoms with Gasteiger partial charge in [0.1, 0.15) is 5.82 Å². The summed E-state index contributed by atoms with van der Waals surface area (Å²) in [4.78, 5) is -0.232. The van der Waals surface area contributed by atoms with Gasteiger partial charge in [-0.25, -0.2) is 12.8 Å². The molecule has 0 unspecified atom stereocenters. The van der Waals surface area contributed by atoms with Crippen molar-refractivity contribution in [3.05, 3.63) is 53.3 Å². The van der Waals surface area contributed by atoms with Gasteiger partial charge in [-0.2, -0.15) is 0 Å². The largest absolute Gasteiger partial charge is 0.261 e. The van der Waals surface area contributed by atoms with Gasteiger partial charge in [0.2, 0.25) is 0 Å². The minimum Gasteiger partial charge on any atom is -0.207 e. The van der Waals surface area contributed by atoms with Crippen molar-refractivity contribution in [2.75, 3.05) is 0 Å². The van der Waals surface area contributed by atoms with Gasteiger partial charge in [0.25, 0.3) is 9.05 Å². The molecule has 19 heavy (non-hydrogen) atoms. The lowest BCUT2D eigenvalue weighted by molar-refractivity contribution is 0.602. The number of hydrogen-bond acceptors (Lipinski definition) is 2. The summed E-state index contributed by atoms with van der Waals surface area (Å²) in [6, 6.07) is 9.27. The molecule has 0 atom stereocenters. The predicted octanol–water partition coefficient (Wildman–Crippen LogP) is 4.04. The summed E-state index contributed by atoms with van der Waals surface area (Å²) >= 11 is 0. The quantitative estimate of drug-likeness (QED) is 0.784. The van der Waals surface area contributed by atoms with Crippen LogP contribution in [0.25, 0.3) is 11.1 Å². The molecular weight excluding hydrogens is 287 g/mol. The third-order valence-electron chi connectivity index (χ3n) is 2.85. The first-order valence-electron chi connectivity index (χ1n) is 5.60. The molecule has 0 aliphatic carbocycles. The first kappa shape index (κ1) is 14.0. The second-order valence-corrected chi connectivity index (χ2v) is 7.00. The molecule has 0 heterocycles. The second kappa shape index (κ2) is 4.94. The predicted molar refractivity (Wildman–Crippen MR) is 74.3 cm³/mol. The average molecular weight is 299 g/mol. The van der Waals surface area contributed by atoms with E-state index in [0.29, 0.717) is 5.56 Å². The Bertz CT molecular complexity index is 739. The molecule has 0 saturated heterocycles. The maximum absolute atomic E-state index is 13.5. The summed E-state index contributed by atoms with van der Waals surface area (Å²) in [5.74, 6) is -0.628. The molecule has 0 saturated carbocycles. The van der Waals surface area contributed by atoms with Crippen LogP contribution in [-0.4, -0.2) is 8.42 Å². The Kier molecular flexibility index (Phi) is 3.65. The molecule has 0 amide bonds. The Hall–Kier alpha value is -1.39. The number of aryl methyl sites for hydroxylation is 2. The van der Waals surface area contributed by atoms with E-state index in [1.165, 1.54) is 12.1 Å². The summed E-state index contributed by atoms with van der Waals surface area (Å²) in [5, 5.41) is 0. The molecule has 0 aliphatic rings. The van der Waals surface area contributed by atoms with Crippen molar-refractivity contribution < 1.29 is 12.8 Å². The minimum absolute atomic E-state index is 0.232. The molecule has 0 fully saturated rings. The Morgan fingerprint density at radius 2 is 1.74 bits per heavy atom. The first-order chi connectivity index (χ1) is 8.77. The van der Waals surface area contributed by atoms with Crippen LogP contribution >= 0.6 is 10.7 Å². The van der Waals surface area contributed by atoms with E-state index in [4.69, 9.17) is 10.7 Å². The number of halogens is 2. The van der Waals surface area contributed by atoms with E-state index in [1.54, 1.807) is 0 Å². The molecule has 5 heteroatoms. The van der Waals surface area contributed by atoms with Crippen molar-refractivity contribution in [1.29, 1.82) is 0 Å². The van der Waals surface area contributed by atoms with E-state index in [1.807, 2.05) is 32.0 Å². The fraction of sp³-hybridized carbons (Fsp3) is 0.143. The molecule has 0 bridgehead atoms. The number of benzene rings is 2. The Morgan fingerprint density at radius 3 is 2.32 bits per heavy atom. The summed E-state index contributed by atoms with van der Waals surface area (Å²) in [7, 11) is 1.32. The van der Waals surface area contributed by atoms with Gasteiger partial charge in [0.15, 0.2) is 0 Å². The van der Waals surface area contributed by atoms with Crippen molar-refractivity contribution in [3.8, 4) is 11.1 Å². The maximum Gasteiger partial charge on any atom is 0.261 e. The lowest BCUT2D eigenvalue weighted by atomic mass is 9.99. The van der Waals surface area contributed by atoms with E-state index < -0.39 is 14.9 Å². The van der Waals surface area contributed by atoms with Gasteiger partial charge in [-0.1, -0.05) is 23.8 Å². The Balaban J connectivity index is 2.66. The topological polar surface area (TPSA) is 34.1 Å². The van der Waals surface area contributed by atoms with E-state index in [2.05, 4.69) is 0 Å². The highest BCUT2D eigenvalue weighted by molar-refractivity contribution is 8.13. The Morgan fingerprint density at radius 1 is 1.05 bits per heavy atom. The van der Waals surface area contributed by atoms with Gasteiger partial charge in [0.05, 0.1) is 4.90 Å². The minimum atomic E-state index is -3.94. The fourth-order valence-electron chi connectivity index (χ4n) is 2.00. The van der Waals surface area contributed by atoms with Crippen molar-refractivity contribution in [2.24, 2.45) is 0 Å². The van der Waals surface area contributed by atoms with Crippen LogP contribution in [0.3, 0.4) is 0 Å². The lowest BCUT2D eigenvalue weighted by Gasteiger charge is -2.08. The van der Waals surface area contributed by atoms with Gasteiger partial charge < -0.3 is 0 Å². The van der Waals surface area contributed by atoms with Crippen LogP contribution in [0.1, 0.15) is 11.1 Å². The normalized spacial score (nSPS) is 11.6. The number of rotatable bonds is 2. The van der Waals surface area contributed by atoms with Crippen molar-refractivity contribution in [3.63, 3.8) is 0 Å². The van der Waals surface area contributed by atoms with E-state index >= 15 is 0 Å². The van der Waals surface area contributed by atoms with E-state index in [9.17, 15) is 12.8 Å². The zero-order valence-electron chi connectivity index (χ0n) is 10.4. The van der Waals surface area contributed by atoms with E-state index in [-0.39, 0.29) is 4.90 Å². The van der Waals surface area contributed by atoms with Gasteiger partial charge in [-0.05, 0) is 48.7 Å². The molecule has 100 valence electrons. The smallest absolute Gasteiger partial charge is 0.207 e. The molecule has 0 radical (unpaired) electrons. The van der Waals surface area contributed by atoms with Gasteiger partial charge in [-0.15, -0.1) is 0 Å². The summed E-state index contributed by atoms with van der Waals surface area (Å²) in [6.07, 6.45) is 0.